The molecule has 0 unspecified atom stereocenters. The first kappa shape index (κ1) is 16.0. The number of thiazole rings is 1. The summed E-state index contributed by atoms with van der Waals surface area (Å²) in [6.45, 7) is 0.975. The summed E-state index contributed by atoms with van der Waals surface area (Å²) in [5.74, 6) is 0.778. The number of amides is 1. The van der Waals surface area contributed by atoms with Gasteiger partial charge in [-0.1, -0.05) is 15.9 Å². The fraction of sp³-hybridized carbons (Fsp3) is 0.176. The van der Waals surface area contributed by atoms with E-state index in [1.54, 1.807) is 17.5 Å². The molecular formula is C17H15BrN2O2S. The van der Waals surface area contributed by atoms with Crippen LogP contribution in [0.4, 0.5) is 0 Å². The van der Waals surface area contributed by atoms with Gasteiger partial charge in [-0.15, -0.1) is 11.3 Å². The molecule has 23 heavy (non-hydrogen) atoms. The molecule has 0 atom stereocenters. The Morgan fingerprint density at radius 3 is 2.83 bits per heavy atom. The third-order valence-corrected chi connectivity index (χ3v) is 4.75. The average Bonchev–Trinajstić information content (AvgIpc) is 3.03. The molecule has 3 aromatic rings. The van der Waals surface area contributed by atoms with Crippen LogP contribution in [0.3, 0.4) is 0 Å². The van der Waals surface area contributed by atoms with Crippen molar-refractivity contribution in [3.8, 4) is 5.75 Å². The maximum Gasteiger partial charge on any atom is 0.253 e. The van der Waals surface area contributed by atoms with Crippen LogP contribution in [0.15, 0.2) is 52.4 Å². The van der Waals surface area contributed by atoms with Crippen LogP contribution in [-0.4, -0.2) is 36.0 Å². The zero-order valence-corrected chi connectivity index (χ0v) is 14.9. The molecule has 2 aromatic carbocycles. The van der Waals surface area contributed by atoms with Crippen LogP contribution in [0.2, 0.25) is 0 Å². The fourth-order valence-electron chi connectivity index (χ4n) is 2.14. The summed E-state index contributed by atoms with van der Waals surface area (Å²) in [5.41, 5.74) is 3.38. The van der Waals surface area contributed by atoms with Gasteiger partial charge in [0, 0.05) is 17.1 Å². The van der Waals surface area contributed by atoms with Crippen LogP contribution < -0.4 is 4.74 Å². The first-order chi connectivity index (χ1) is 11.1. The van der Waals surface area contributed by atoms with Gasteiger partial charge in [0.25, 0.3) is 5.91 Å². The van der Waals surface area contributed by atoms with Crippen LogP contribution in [0.25, 0.3) is 10.2 Å². The Bertz CT molecular complexity index is 817. The summed E-state index contributed by atoms with van der Waals surface area (Å²) < 4.78 is 7.69. The highest BCUT2D eigenvalue weighted by Gasteiger charge is 2.12. The zero-order valence-electron chi connectivity index (χ0n) is 12.5. The number of hydrogen-bond acceptors (Lipinski definition) is 4. The Hall–Kier alpha value is -1.92. The number of ether oxygens (including phenoxy) is 1. The van der Waals surface area contributed by atoms with Gasteiger partial charge in [0.15, 0.2) is 0 Å². The normalized spacial score (nSPS) is 10.7. The Morgan fingerprint density at radius 1 is 1.26 bits per heavy atom. The number of likely N-dealkylation sites (N-methyl/N-ethyl adjacent to an activating group) is 1. The number of fused-ring (bicyclic) bond motifs is 1. The molecule has 0 saturated carbocycles. The third-order valence-electron chi connectivity index (χ3n) is 3.43. The predicted octanol–water partition coefficient (Wildman–Crippen LogP) is 4.21. The van der Waals surface area contributed by atoms with Crippen LogP contribution in [-0.2, 0) is 0 Å². The summed E-state index contributed by atoms with van der Waals surface area (Å²) in [4.78, 5) is 18.3. The SMILES string of the molecule is CN(CCOc1ccc(Br)cc1)C(=O)c1ccc2ncsc2c1. The molecule has 0 N–H and O–H groups in total. The Balaban J connectivity index is 1.57. The molecule has 0 radical (unpaired) electrons. The lowest BCUT2D eigenvalue weighted by Gasteiger charge is -2.17. The van der Waals surface area contributed by atoms with E-state index in [1.807, 2.05) is 42.5 Å². The van der Waals surface area contributed by atoms with Crippen molar-refractivity contribution in [2.75, 3.05) is 20.2 Å². The van der Waals surface area contributed by atoms with E-state index in [2.05, 4.69) is 20.9 Å². The number of nitrogens with zero attached hydrogens (tertiary/aromatic N) is 2. The Morgan fingerprint density at radius 2 is 2.04 bits per heavy atom. The predicted molar refractivity (Wildman–Crippen MR) is 96.2 cm³/mol. The lowest BCUT2D eigenvalue weighted by molar-refractivity contribution is 0.0774. The van der Waals surface area contributed by atoms with Gasteiger partial charge < -0.3 is 9.64 Å². The van der Waals surface area contributed by atoms with Gasteiger partial charge in [-0.25, -0.2) is 4.98 Å². The molecule has 1 amide bonds. The van der Waals surface area contributed by atoms with Crippen molar-refractivity contribution in [2.24, 2.45) is 0 Å². The number of hydrogen-bond donors (Lipinski definition) is 0. The summed E-state index contributed by atoms with van der Waals surface area (Å²) in [5, 5.41) is 0. The highest BCUT2D eigenvalue weighted by atomic mass is 79.9. The molecule has 4 nitrogen and oxygen atoms in total. The second kappa shape index (κ2) is 7.10. The quantitative estimate of drug-likeness (QED) is 0.655. The molecule has 0 aliphatic rings. The van der Waals surface area contributed by atoms with E-state index in [1.165, 1.54) is 11.3 Å². The molecule has 0 aliphatic carbocycles. The van der Waals surface area contributed by atoms with E-state index >= 15 is 0 Å². The number of benzene rings is 2. The lowest BCUT2D eigenvalue weighted by atomic mass is 10.2. The molecule has 0 fully saturated rings. The molecule has 0 bridgehead atoms. The van der Waals surface area contributed by atoms with Gasteiger partial charge in [-0.3, -0.25) is 4.79 Å². The number of rotatable bonds is 5. The molecule has 1 heterocycles. The van der Waals surface area contributed by atoms with Crippen molar-refractivity contribution < 1.29 is 9.53 Å². The second-order valence-corrected chi connectivity index (χ2v) is 6.87. The topological polar surface area (TPSA) is 42.4 Å². The van der Waals surface area contributed by atoms with Crippen molar-refractivity contribution in [3.63, 3.8) is 0 Å². The Labute approximate surface area is 146 Å². The molecule has 0 aliphatic heterocycles. The molecule has 0 spiro atoms. The number of carbonyl (C=O) groups is 1. The molecule has 118 valence electrons. The van der Waals surface area contributed by atoms with E-state index in [4.69, 9.17) is 4.74 Å². The van der Waals surface area contributed by atoms with Gasteiger partial charge in [-0.05, 0) is 42.5 Å². The standard InChI is InChI=1S/C17H15BrN2O2S/c1-20(8-9-22-14-5-3-13(18)4-6-14)17(21)12-2-7-15-16(10-12)23-11-19-15/h2-7,10-11H,8-9H2,1H3. The van der Waals surface area contributed by atoms with E-state index < -0.39 is 0 Å². The monoisotopic (exact) mass is 390 g/mol. The van der Waals surface area contributed by atoms with E-state index in [0.29, 0.717) is 18.7 Å². The largest absolute Gasteiger partial charge is 0.492 e. The highest BCUT2D eigenvalue weighted by Crippen LogP contribution is 2.20. The minimum atomic E-state index is -0.0142. The lowest BCUT2D eigenvalue weighted by Crippen LogP contribution is -2.30. The maximum atomic E-state index is 12.4. The smallest absolute Gasteiger partial charge is 0.253 e. The first-order valence-electron chi connectivity index (χ1n) is 7.10. The number of carbonyl (C=O) groups excluding carboxylic acids is 1. The summed E-state index contributed by atoms with van der Waals surface area (Å²) in [6.07, 6.45) is 0. The van der Waals surface area contributed by atoms with Crippen molar-refractivity contribution in [3.05, 3.63) is 58.0 Å². The van der Waals surface area contributed by atoms with Crippen molar-refractivity contribution in [1.29, 1.82) is 0 Å². The Kier molecular flexibility index (Phi) is 4.93. The molecular weight excluding hydrogens is 376 g/mol. The van der Waals surface area contributed by atoms with Crippen LogP contribution in [0, 0.1) is 0 Å². The minimum absolute atomic E-state index is 0.0142. The third kappa shape index (κ3) is 3.89. The molecule has 3 rings (SSSR count). The van der Waals surface area contributed by atoms with E-state index in [0.717, 1.165) is 20.4 Å². The van der Waals surface area contributed by atoms with Crippen LogP contribution in [0.1, 0.15) is 10.4 Å². The van der Waals surface area contributed by atoms with E-state index in [-0.39, 0.29) is 5.91 Å². The summed E-state index contributed by atoms with van der Waals surface area (Å²) in [6, 6.07) is 13.2. The van der Waals surface area contributed by atoms with Crippen molar-refractivity contribution in [1.82, 2.24) is 9.88 Å². The summed E-state index contributed by atoms with van der Waals surface area (Å²) >= 11 is 4.92. The molecule has 0 saturated heterocycles. The summed E-state index contributed by atoms with van der Waals surface area (Å²) in [7, 11) is 1.78. The van der Waals surface area contributed by atoms with Gasteiger partial charge in [-0.2, -0.15) is 0 Å². The van der Waals surface area contributed by atoms with Crippen LogP contribution >= 0.6 is 27.3 Å². The highest BCUT2D eigenvalue weighted by molar-refractivity contribution is 9.10. The maximum absolute atomic E-state index is 12.4. The van der Waals surface area contributed by atoms with Gasteiger partial charge in [0.05, 0.1) is 22.3 Å². The number of aromatic nitrogens is 1. The minimum Gasteiger partial charge on any atom is -0.492 e. The molecule has 6 heteroatoms. The average molecular weight is 391 g/mol. The zero-order chi connectivity index (χ0) is 16.2. The van der Waals surface area contributed by atoms with Crippen molar-refractivity contribution >= 4 is 43.4 Å². The van der Waals surface area contributed by atoms with Gasteiger partial charge in [0.2, 0.25) is 0 Å². The van der Waals surface area contributed by atoms with Gasteiger partial charge >= 0.3 is 0 Å². The fourth-order valence-corrected chi connectivity index (χ4v) is 3.12. The molecule has 1 aromatic heterocycles. The second-order valence-electron chi connectivity index (χ2n) is 5.06. The number of halogens is 1. The van der Waals surface area contributed by atoms with Gasteiger partial charge in [0.1, 0.15) is 12.4 Å². The van der Waals surface area contributed by atoms with Crippen molar-refractivity contribution in [2.45, 2.75) is 0 Å². The van der Waals surface area contributed by atoms with E-state index in [9.17, 15) is 4.79 Å². The van der Waals surface area contributed by atoms with Crippen LogP contribution in [0.5, 0.6) is 5.75 Å². The first-order valence-corrected chi connectivity index (χ1v) is 8.78.